The van der Waals surface area contributed by atoms with E-state index >= 15 is 0 Å². The van der Waals surface area contributed by atoms with Crippen molar-refractivity contribution in [2.75, 3.05) is 0 Å². The monoisotopic (exact) mass is 263 g/mol. The Hall–Kier alpha value is -1.78. The Morgan fingerprint density at radius 1 is 1.42 bits per heavy atom. The lowest BCUT2D eigenvalue weighted by molar-refractivity contribution is 0.0971. The summed E-state index contributed by atoms with van der Waals surface area (Å²) in [5.74, 6) is 1.01. The van der Waals surface area contributed by atoms with E-state index in [0.29, 0.717) is 17.4 Å². The average molecular weight is 263 g/mol. The lowest BCUT2D eigenvalue weighted by Gasteiger charge is -2.29. The Bertz CT molecular complexity index is 474. The molecule has 19 heavy (non-hydrogen) atoms. The van der Waals surface area contributed by atoms with Gasteiger partial charge in [-0.1, -0.05) is 18.5 Å². The summed E-state index contributed by atoms with van der Waals surface area (Å²) < 4.78 is 6.02. The van der Waals surface area contributed by atoms with E-state index in [-0.39, 0.29) is 11.9 Å². The molecule has 0 saturated heterocycles. The van der Waals surface area contributed by atoms with Crippen LogP contribution in [0.2, 0.25) is 0 Å². The summed E-state index contributed by atoms with van der Waals surface area (Å²) in [4.78, 5) is 4.38. The Morgan fingerprint density at radius 2 is 2.16 bits per heavy atom. The van der Waals surface area contributed by atoms with Crippen molar-refractivity contribution in [1.82, 2.24) is 4.98 Å². The van der Waals surface area contributed by atoms with E-state index in [1.807, 2.05) is 13.0 Å². The van der Waals surface area contributed by atoms with Crippen LogP contribution < -0.4 is 10.5 Å². The maximum atomic E-state index is 8.82. The van der Waals surface area contributed by atoms with Crippen LogP contribution in [0.3, 0.4) is 0 Å². The highest BCUT2D eigenvalue weighted by atomic mass is 16.5. The topological polar surface area (TPSA) is 80.7 Å². The van der Waals surface area contributed by atoms with Gasteiger partial charge in [0.25, 0.3) is 0 Å². The molecule has 3 N–H and O–H groups in total. The van der Waals surface area contributed by atoms with Crippen LogP contribution in [0.15, 0.2) is 17.3 Å². The maximum absolute atomic E-state index is 8.82. The van der Waals surface area contributed by atoms with Crippen LogP contribution in [-0.4, -0.2) is 22.1 Å². The lowest BCUT2D eigenvalue weighted by Crippen LogP contribution is -2.30. The van der Waals surface area contributed by atoms with Crippen LogP contribution in [0.1, 0.15) is 43.9 Å². The summed E-state index contributed by atoms with van der Waals surface area (Å²) in [7, 11) is 0. The van der Waals surface area contributed by atoms with Gasteiger partial charge in [-0.3, -0.25) is 0 Å². The van der Waals surface area contributed by atoms with Gasteiger partial charge in [-0.25, -0.2) is 4.98 Å². The highest BCUT2D eigenvalue weighted by Gasteiger charge is 2.24. The maximum Gasteiger partial charge on any atom is 0.225 e. The molecule has 0 spiro atoms. The number of aryl methyl sites for hydroxylation is 1. The number of oxime groups is 1. The molecule has 1 fully saturated rings. The third kappa shape index (κ3) is 3.16. The van der Waals surface area contributed by atoms with Gasteiger partial charge in [0.15, 0.2) is 5.84 Å². The van der Waals surface area contributed by atoms with Crippen molar-refractivity contribution in [3.05, 3.63) is 23.4 Å². The van der Waals surface area contributed by atoms with E-state index in [4.69, 9.17) is 15.7 Å². The predicted octanol–water partition coefficient (Wildman–Crippen LogP) is 2.44. The summed E-state index contributed by atoms with van der Waals surface area (Å²) in [6, 6.07) is 3.60. The summed E-state index contributed by atoms with van der Waals surface area (Å²) in [6.45, 7) is 4.09. The third-order valence-corrected chi connectivity index (χ3v) is 3.68. The van der Waals surface area contributed by atoms with Crippen LogP contribution in [0.25, 0.3) is 0 Å². The Labute approximate surface area is 113 Å². The van der Waals surface area contributed by atoms with Crippen LogP contribution >= 0.6 is 0 Å². The number of nitrogens with two attached hydrogens (primary N) is 1. The fraction of sp³-hybridized carbons (Fsp3) is 0.571. The van der Waals surface area contributed by atoms with Gasteiger partial charge in [-0.2, -0.15) is 0 Å². The molecule has 0 radical (unpaired) electrons. The molecule has 5 nitrogen and oxygen atoms in total. The van der Waals surface area contributed by atoms with Crippen LogP contribution in [0, 0.1) is 12.8 Å². The molecule has 1 aromatic heterocycles. The van der Waals surface area contributed by atoms with Crippen LogP contribution in [-0.2, 0) is 0 Å². The quantitative estimate of drug-likeness (QED) is 0.380. The highest BCUT2D eigenvalue weighted by molar-refractivity contribution is 5.99. The first-order valence-electron chi connectivity index (χ1n) is 6.74. The second-order valence-corrected chi connectivity index (χ2v) is 5.21. The van der Waals surface area contributed by atoms with E-state index in [2.05, 4.69) is 17.1 Å². The van der Waals surface area contributed by atoms with Crippen LogP contribution in [0.4, 0.5) is 0 Å². The van der Waals surface area contributed by atoms with E-state index in [1.54, 1.807) is 6.07 Å². The first kappa shape index (κ1) is 13.6. The molecular formula is C14H21N3O2. The molecule has 2 unspecified atom stereocenters. The van der Waals surface area contributed by atoms with Crippen LogP contribution in [0.5, 0.6) is 5.88 Å². The molecule has 2 rings (SSSR count). The van der Waals surface area contributed by atoms with Gasteiger partial charge in [-0.15, -0.1) is 0 Å². The Morgan fingerprint density at radius 3 is 2.84 bits per heavy atom. The van der Waals surface area contributed by atoms with E-state index < -0.39 is 0 Å². The van der Waals surface area contributed by atoms with Crippen molar-refractivity contribution in [1.29, 1.82) is 0 Å². The molecule has 1 aliphatic rings. The Kier molecular flexibility index (Phi) is 4.24. The molecule has 1 aromatic rings. The van der Waals surface area contributed by atoms with Crippen molar-refractivity contribution in [2.24, 2.45) is 16.8 Å². The number of ether oxygens (including phenoxy) is 1. The summed E-state index contributed by atoms with van der Waals surface area (Å²) >= 11 is 0. The smallest absolute Gasteiger partial charge is 0.225 e. The molecule has 0 amide bonds. The second kappa shape index (κ2) is 5.91. The number of rotatable bonds is 3. The summed E-state index contributed by atoms with van der Waals surface area (Å²) in [5, 5.41) is 11.9. The van der Waals surface area contributed by atoms with Crippen molar-refractivity contribution >= 4 is 5.84 Å². The van der Waals surface area contributed by atoms with E-state index in [9.17, 15) is 0 Å². The number of amidine groups is 1. The predicted molar refractivity (Wildman–Crippen MR) is 73.5 cm³/mol. The molecular weight excluding hydrogens is 242 g/mol. The van der Waals surface area contributed by atoms with Crippen molar-refractivity contribution in [2.45, 2.75) is 45.6 Å². The van der Waals surface area contributed by atoms with Gasteiger partial charge in [0.05, 0.1) is 5.56 Å². The number of hydrogen-bond acceptors (Lipinski definition) is 4. The fourth-order valence-corrected chi connectivity index (χ4v) is 2.47. The van der Waals surface area contributed by atoms with Crippen molar-refractivity contribution in [3.63, 3.8) is 0 Å². The zero-order valence-corrected chi connectivity index (χ0v) is 11.5. The molecule has 1 heterocycles. The summed E-state index contributed by atoms with van der Waals surface area (Å²) in [6.07, 6.45) is 4.81. The molecule has 1 saturated carbocycles. The third-order valence-electron chi connectivity index (χ3n) is 3.68. The van der Waals surface area contributed by atoms with Gasteiger partial charge in [0, 0.05) is 5.69 Å². The zero-order chi connectivity index (χ0) is 13.8. The SMILES string of the molecule is Cc1ccc(C(N)=NO)c(OC2CCCCC2C)n1. The highest BCUT2D eigenvalue weighted by Crippen LogP contribution is 2.28. The second-order valence-electron chi connectivity index (χ2n) is 5.21. The van der Waals surface area contributed by atoms with Gasteiger partial charge >= 0.3 is 0 Å². The van der Waals surface area contributed by atoms with Gasteiger partial charge < -0.3 is 15.7 Å². The van der Waals surface area contributed by atoms with E-state index in [0.717, 1.165) is 12.1 Å². The van der Waals surface area contributed by atoms with Crippen molar-refractivity contribution in [3.8, 4) is 5.88 Å². The largest absolute Gasteiger partial charge is 0.474 e. The first-order chi connectivity index (χ1) is 9.11. The van der Waals surface area contributed by atoms with Gasteiger partial charge in [0.1, 0.15) is 6.10 Å². The number of nitrogens with zero attached hydrogens (tertiary/aromatic N) is 2. The average Bonchev–Trinajstić information content (AvgIpc) is 2.41. The number of hydrogen-bond donors (Lipinski definition) is 2. The minimum atomic E-state index is 0.0333. The minimum Gasteiger partial charge on any atom is -0.474 e. The number of aromatic nitrogens is 1. The molecule has 0 aliphatic heterocycles. The van der Waals surface area contributed by atoms with E-state index in [1.165, 1.54) is 19.3 Å². The van der Waals surface area contributed by atoms with Gasteiger partial charge in [-0.05, 0) is 44.2 Å². The molecule has 1 aliphatic carbocycles. The minimum absolute atomic E-state index is 0.0333. The normalized spacial score (nSPS) is 24.2. The standard InChI is InChI=1S/C14H21N3O2/c1-9-5-3-4-6-12(9)19-14-11(13(15)17-18)8-7-10(2)16-14/h7-9,12,18H,3-6H2,1-2H3,(H2,15,17). The molecule has 0 bridgehead atoms. The summed E-state index contributed by atoms with van der Waals surface area (Å²) in [5.41, 5.74) is 7.07. The zero-order valence-electron chi connectivity index (χ0n) is 11.5. The first-order valence-corrected chi connectivity index (χ1v) is 6.74. The molecule has 5 heteroatoms. The van der Waals surface area contributed by atoms with Crippen molar-refractivity contribution < 1.29 is 9.94 Å². The number of pyridine rings is 1. The van der Waals surface area contributed by atoms with Gasteiger partial charge in [0.2, 0.25) is 5.88 Å². The Balaban J connectivity index is 2.25. The molecule has 0 aromatic carbocycles. The fourth-order valence-electron chi connectivity index (χ4n) is 2.47. The molecule has 104 valence electrons. The molecule has 2 atom stereocenters. The lowest BCUT2D eigenvalue weighted by atomic mass is 9.88.